The van der Waals surface area contributed by atoms with Crippen LogP contribution in [0.1, 0.15) is 10.4 Å². The molecule has 0 aromatic heterocycles. The van der Waals surface area contributed by atoms with Crippen molar-refractivity contribution in [2.75, 3.05) is 12.4 Å². The topological polar surface area (TPSA) is 38.3 Å². The Bertz CT molecular complexity index is 662. The number of anilines is 1. The lowest BCUT2D eigenvalue weighted by atomic mass is 10.2. The van der Waals surface area contributed by atoms with Crippen molar-refractivity contribution in [1.82, 2.24) is 0 Å². The summed E-state index contributed by atoms with van der Waals surface area (Å²) in [4.78, 5) is 12.3. The molecule has 0 radical (unpaired) electrons. The van der Waals surface area contributed by atoms with Gasteiger partial charge in [-0.1, -0.05) is 39.1 Å². The van der Waals surface area contributed by atoms with E-state index in [1.807, 2.05) is 0 Å². The van der Waals surface area contributed by atoms with Gasteiger partial charge in [0.2, 0.25) is 0 Å². The zero-order valence-electron chi connectivity index (χ0n) is 10.4. The van der Waals surface area contributed by atoms with Crippen LogP contribution in [0, 0.1) is 0 Å². The summed E-state index contributed by atoms with van der Waals surface area (Å²) in [6, 6.07) is 10.0. The summed E-state index contributed by atoms with van der Waals surface area (Å²) in [5, 5.41) is 3.60. The van der Waals surface area contributed by atoms with E-state index in [2.05, 4.69) is 21.2 Å². The van der Waals surface area contributed by atoms with Crippen LogP contribution in [0.4, 0.5) is 5.69 Å². The molecule has 1 amide bonds. The maximum atomic E-state index is 12.3. The molecule has 0 heterocycles. The van der Waals surface area contributed by atoms with Crippen LogP contribution >= 0.6 is 39.1 Å². The third kappa shape index (κ3) is 3.45. The third-order valence-electron chi connectivity index (χ3n) is 2.58. The summed E-state index contributed by atoms with van der Waals surface area (Å²) in [5.41, 5.74) is 0.851. The van der Waals surface area contributed by atoms with Crippen LogP contribution in [-0.2, 0) is 0 Å². The van der Waals surface area contributed by atoms with Gasteiger partial charge in [-0.15, -0.1) is 0 Å². The van der Waals surface area contributed by atoms with Gasteiger partial charge in [0.1, 0.15) is 5.75 Å². The van der Waals surface area contributed by atoms with Crippen molar-refractivity contribution < 1.29 is 9.53 Å². The van der Waals surface area contributed by atoms with Gasteiger partial charge in [0, 0.05) is 9.50 Å². The smallest absolute Gasteiger partial charge is 0.257 e. The highest BCUT2D eigenvalue weighted by molar-refractivity contribution is 9.10. The number of benzene rings is 2. The fraction of sp³-hybridized carbons (Fsp3) is 0.0714. The number of carbonyl (C=O) groups is 1. The third-order valence-corrected chi connectivity index (χ3v) is 3.64. The summed E-state index contributed by atoms with van der Waals surface area (Å²) < 4.78 is 5.94. The first-order valence-electron chi connectivity index (χ1n) is 5.61. The van der Waals surface area contributed by atoms with Crippen molar-refractivity contribution in [3.8, 4) is 5.75 Å². The van der Waals surface area contributed by atoms with Crippen LogP contribution in [0.5, 0.6) is 5.75 Å². The molecule has 0 bridgehead atoms. The molecule has 0 atom stereocenters. The minimum atomic E-state index is -0.336. The maximum Gasteiger partial charge on any atom is 0.257 e. The average molecular weight is 375 g/mol. The molecule has 1 N–H and O–H groups in total. The lowest BCUT2D eigenvalue weighted by Crippen LogP contribution is -2.13. The van der Waals surface area contributed by atoms with Gasteiger partial charge in [0.15, 0.2) is 0 Å². The van der Waals surface area contributed by atoms with Crippen molar-refractivity contribution in [2.45, 2.75) is 0 Å². The van der Waals surface area contributed by atoms with Gasteiger partial charge in [-0.05, 0) is 36.4 Å². The van der Waals surface area contributed by atoms with Crippen molar-refractivity contribution in [3.05, 3.63) is 56.5 Å². The monoisotopic (exact) mass is 373 g/mol. The van der Waals surface area contributed by atoms with Crippen molar-refractivity contribution in [2.24, 2.45) is 0 Å². The number of hydrogen-bond donors (Lipinski definition) is 1. The van der Waals surface area contributed by atoms with Crippen LogP contribution in [0.25, 0.3) is 0 Å². The number of ether oxygens (including phenoxy) is 1. The summed E-state index contributed by atoms with van der Waals surface area (Å²) in [5.74, 6) is 0.186. The summed E-state index contributed by atoms with van der Waals surface area (Å²) in [6.45, 7) is 0. The Kier molecular flexibility index (Phi) is 4.91. The van der Waals surface area contributed by atoms with Crippen molar-refractivity contribution in [1.29, 1.82) is 0 Å². The minimum Gasteiger partial charge on any atom is -0.495 e. The van der Waals surface area contributed by atoms with Crippen LogP contribution < -0.4 is 10.1 Å². The molecular formula is C14H10BrCl2NO2. The van der Waals surface area contributed by atoms with E-state index in [0.717, 1.165) is 4.47 Å². The van der Waals surface area contributed by atoms with E-state index < -0.39 is 0 Å². The van der Waals surface area contributed by atoms with E-state index in [0.29, 0.717) is 27.0 Å². The molecule has 0 aliphatic carbocycles. The summed E-state index contributed by atoms with van der Waals surface area (Å²) in [7, 11) is 1.52. The highest BCUT2D eigenvalue weighted by Gasteiger charge is 2.13. The Balaban J connectivity index is 2.32. The average Bonchev–Trinajstić information content (AvgIpc) is 2.41. The fourth-order valence-corrected chi connectivity index (χ4v) is 2.38. The minimum absolute atomic E-state index is 0.336. The molecule has 3 nitrogen and oxygen atoms in total. The second kappa shape index (κ2) is 6.48. The van der Waals surface area contributed by atoms with Crippen LogP contribution in [0.15, 0.2) is 40.9 Å². The maximum absolute atomic E-state index is 12.3. The highest BCUT2D eigenvalue weighted by Crippen LogP contribution is 2.29. The van der Waals surface area contributed by atoms with Gasteiger partial charge in [-0.3, -0.25) is 4.79 Å². The number of halogens is 3. The predicted octanol–water partition coefficient (Wildman–Crippen LogP) is 5.02. The van der Waals surface area contributed by atoms with E-state index in [9.17, 15) is 4.79 Å². The van der Waals surface area contributed by atoms with Gasteiger partial charge in [-0.2, -0.15) is 0 Å². The standard InChI is InChI=1S/C14H10BrCl2NO2/c1-20-13-5-3-9(16)7-12(13)18-14(19)10-6-8(15)2-4-11(10)17/h2-7H,1H3,(H,18,19). The van der Waals surface area contributed by atoms with Gasteiger partial charge in [0.05, 0.1) is 23.4 Å². The molecule has 0 saturated heterocycles. The molecule has 2 aromatic carbocycles. The van der Waals surface area contributed by atoms with Crippen LogP contribution in [0.3, 0.4) is 0 Å². The van der Waals surface area contributed by atoms with E-state index in [4.69, 9.17) is 27.9 Å². The highest BCUT2D eigenvalue weighted by atomic mass is 79.9. The Labute approximate surface area is 135 Å². The zero-order valence-corrected chi connectivity index (χ0v) is 13.5. The quantitative estimate of drug-likeness (QED) is 0.819. The first kappa shape index (κ1) is 15.2. The van der Waals surface area contributed by atoms with Gasteiger partial charge < -0.3 is 10.1 Å². The lowest BCUT2D eigenvalue weighted by Gasteiger charge is -2.11. The molecule has 0 fully saturated rings. The lowest BCUT2D eigenvalue weighted by molar-refractivity contribution is 0.102. The largest absolute Gasteiger partial charge is 0.495 e. The fourth-order valence-electron chi connectivity index (χ4n) is 1.64. The molecule has 2 rings (SSSR count). The number of carbonyl (C=O) groups excluding carboxylic acids is 1. The normalized spacial score (nSPS) is 10.2. The van der Waals surface area contributed by atoms with Crippen LogP contribution in [-0.4, -0.2) is 13.0 Å². The van der Waals surface area contributed by atoms with Crippen molar-refractivity contribution in [3.63, 3.8) is 0 Å². The second-order valence-corrected chi connectivity index (χ2v) is 5.68. The number of amides is 1. The molecule has 0 aliphatic heterocycles. The van der Waals surface area contributed by atoms with E-state index in [-0.39, 0.29) is 5.91 Å². The predicted molar refractivity (Wildman–Crippen MR) is 85.1 cm³/mol. The molecule has 6 heteroatoms. The molecule has 0 unspecified atom stereocenters. The van der Waals surface area contributed by atoms with Gasteiger partial charge in [-0.25, -0.2) is 0 Å². The summed E-state index contributed by atoms with van der Waals surface area (Å²) >= 11 is 15.2. The van der Waals surface area contributed by atoms with Gasteiger partial charge in [0.25, 0.3) is 5.91 Å². The molecule has 2 aromatic rings. The van der Waals surface area contributed by atoms with E-state index >= 15 is 0 Å². The Morgan fingerprint density at radius 1 is 1.20 bits per heavy atom. The molecule has 0 saturated carbocycles. The number of methoxy groups -OCH3 is 1. The number of hydrogen-bond acceptors (Lipinski definition) is 2. The molecule has 20 heavy (non-hydrogen) atoms. The summed E-state index contributed by atoms with van der Waals surface area (Å²) in [6.07, 6.45) is 0. The Morgan fingerprint density at radius 3 is 2.65 bits per heavy atom. The SMILES string of the molecule is COc1ccc(Cl)cc1NC(=O)c1cc(Br)ccc1Cl. The Hall–Kier alpha value is -1.23. The van der Waals surface area contributed by atoms with Crippen molar-refractivity contribution >= 4 is 50.7 Å². The zero-order chi connectivity index (χ0) is 14.7. The molecule has 0 aliphatic rings. The first-order chi connectivity index (χ1) is 9.51. The number of nitrogens with one attached hydrogen (secondary N) is 1. The molecule has 0 spiro atoms. The first-order valence-corrected chi connectivity index (χ1v) is 7.16. The van der Waals surface area contributed by atoms with Crippen LogP contribution in [0.2, 0.25) is 10.0 Å². The number of rotatable bonds is 3. The van der Waals surface area contributed by atoms with E-state index in [1.54, 1.807) is 36.4 Å². The molecule has 104 valence electrons. The van der Waals surface area contributed by atoms with Gasteiger partial charge >= 0.3 is 0 Å². The van der Waals surface area contributed by atoms with E-state index in [1.165, 1.54) is 7.11 Å². The Morgan fingerprint density at radius 2 is 1.95 bits per heavy atom. The molecular weight excluding hydrogens is 365 g/mol. The second-order valence-electron chi connectivity index (χ2n) is 3.92.